The second kappa shape index (κ2) is 10.7. The lowest BCUT2D eigenvalue weighted by atomic mass is 10.2. The minimum atomic E-state index is -0.125. The van der Waals surface area contributed by atoms with Crippen LogP contribution in [0.4, 0.5) is 10.8 Å². The molecule has 0 spiro atoms. The largest absolute Gasteiger partial charge is 0.340 e. The van der Waals surface area contributed by atoms with Crippen LogP contribution in [-0.2, 0) is 4.79 Å². The van der Waals surface area contributed by atoms with Gasteiger partial charge in [0, 0.05) is 23.8 Å². The van der Waals surface area contributed by atoms with Gasteiger partial charge in [0.15, 0.2) is 4.34 Å². The van der Waals surface area contributed by atoms with Gasteiger partial charge in [0.05, 0.1) is 30.7 Å². The molecule has 10 heteroatoms. The molecule has 0 bridgehead atoms. The van der Waals surface area contributed by atoms with E-state index in [1.165, 1.54) is 28.0 Å². The number of hydrogen-bond donors (Lipinski definition) is 1. The Morgan fingerprint density at radius 1 is 1.30 bits per heavy atom. The molecule has 7 nitrogen and oxygen atoms in total. The van der Waals surface area contributed by atoms with Gasteiger partial charge in [0.1, 0.15) is 0 Å². The summed E-state index contributed by atoms with van der Waals surface area (Å²) in [4.78, 5) is 13.8. The van der Waals surface area contributed by atoms with Crippen molar-refractivity contribution < 1.29 is 4.79 Å². The van der Waals surface area contributed by atoms with E-state index in [1.807, 2.05) is 37.3 Å². The van der Waals surface area contributed by atoms with Crippen molar-refractivity contribution >= 4 is 51.4 Å². The number of nitrogens with zero attached hydrogens (tertiary/aromatic N) is 5. The summed E-state index contributed by atoms with van der Waals surface area (Å²) in [6.45, 7) is 2.59. The van der Waals surface area contributed by atoms with E-state index < -0.39 is 0 Å². The molecule has 27 heavy (non-hydrogen) atoms. The monoisotopic (exact) mass is 420 g/mol. The van der Waals surface area contributed by atoms with Crippen molar-refractivity contribution in [3.05, 3.63) is 28.8 Å². The van der Waals surface area contributed by atoms with Gasteiger partial charge in [-0.25, -0.2) is 0 Å². The highest BCUT2D eigenvalue weighted by atomic mass is 35.5. The van der Waals surface area contributed by atoms with Crippen molar-refractivity contribution in [2.24, 2.45) is 0 Å². The number of halogens is 1. The van der Waals surface area contributed by atoms with E-state index in [-0.39, 0.29) is 24.5 Å². The van der Waals surface area contributed by atoms with Crippen LogP contribution in [0.3, 0.4) is 0 Å². The molecule has 0 saturated carbocycles. The number of carbonyl (C=O) groups excluding carboxylic acids is 1. The van der Waals surface area contributed by atoms with Gasteiger partial charge in [-0.15, -0.1) is 10.2 Å². The lowest BCUT2D eigenvalue weighted by Crippen LogP contribution is -2.34. The third kappa shape index (κ3) is 6.72. The number of aryl methyl sites for hydroxylation is 1. The van der Waals surface area contributed by atoms with Crippen LogP contribution in [0.25, 0.3) is 0 Å². The van der Waals surface area contributed by atoms with E-state index in [2.05, 4.69) is 15.5 Å². The molecule has 0 saturated heterocycles. The molecule has 0 aliphatic carbocycles. The zero-order valence-electron chi connectivity index (χ0n) is 14.6. The number of carbonyl (C=O) groups is 1. The van der Waals surface area contributed by atoms with Crippen LogP contribution in [0, 0.1) is 29.6 Å². The summed E-state index contributed by atoms with van der Waals surface area (Å²) in [6.07, 6.45) is 0.488. The lowest BCUT2D eigenvalue weighted by Gasteiger charge is -2.19. The Morgan fingerprint density at radius 2 is 2.00 bits per heavy atom. The first kappa shape index (κ1) is 21.0. The maximum atomic E-state index is 12.3. The molecule has 0 aliphatic rings. The van der Waals surface area contributed by atoms with Crippen molar-refractivity contribution in [1.29, 1.82) is 10.5 Å². The van der Waals surface area contributed by atoms with Gasteiger partial charge in [0.25, 0.3) is 0 Å². The minimum absolute atomic E-state index is 0.125. The normalized spacial score (nSPS) is 10.1. The van der Waals surface area contributed by atoms with E-state index in [0.29, 0.717) is 27.6 Å². The van der Waals surface area contributed by atoms with Crippen LogP contribution in [0.5, 0.6) is 0 Å². The molecule has 1 N–H and O–H groups in total. The molecule has 0 atom stereocenters. The molecule has 1 amide bonds. The number of nitriles is 2. The lowest BCUT2D eigenvalue weighted by molar-refractivity contribution is -0.128. The molecule has 0 fully saturated rings. The van der Waals surface area contributed by atoms with Crippen LogP contribution in [-0.4, -0.2) is 39.8 Å². The third-order valence-corrected chi connectivity index (χ3v) is 5.85. The third-order valence-electron chi connectivity index (χ3n) is 3.49. The Balaban J connectivity index is 1.90. The smallest absolute Gasteiger partial charge is 0.233 e. The van der Waals surface area contributed by atoms with E-state index in [1.54, 1.807) is 0 Å². The first-order chi connectivity index (χ1) is 13.0. The van der Waals surface area contributed by atoms with Crippen molar-refractivity contribution in [1.82, 2.24) is 15.1 Å². The average molecular weight is 421 g/mol. The highest BCUT2D eigenvalue weighted by Crippen LogP contribution is 2.29. The average Bonchev–Trinajstić information content (AvgIpc) is 3.10. The Bertz CT molecular complexity index is 855. The number of benzene rings is 1. The number of hydrogen-bond acceptors (Lipinski definition) is 8. The van der Waals surface area contributed by atoms with Gasteiger partial charge in [-0.05, 0) is 24.6 Å². The van der Waals surface area contributed by atoms with Gasteiger partial charge in [0.2, 0.25) is 11.0 Å². The van der Waals surface area contributed by atoms with Crippen LogP contribution >= 0.6 is 34.7 Å². The van der Waals surface area contributed by atoms with Crippen LogP contribution in [0.2, 0.25) is 5.02 Å². The van der Waals surface area contributed by atoms with Gasteiger partial charge in [-0.1, -0.05) is 40.8 Å². The van der Waals surface area contributed by atoms with Crippen LogP contribution in [0.15, 0.2) is 22.5 Å². The minimum Gasteiger partial charge on any atom is -0.340 e. The topological polar surface area (TPSA) is 106 Å². The standard InChI is InChI=1S/C17H17ClN6OS2/c1-12-4-5-13(10-14(12)18)21-16-22-23-17(27-16)26-11-15(25)24(8-2-6-19)9-3-7-20/h4-5,10H,2-3,8-9,11H2,1H3,(H,21,22). The van der Waals surface area contributed by atoms with Gasteiger partial charge in [-0.3, -0.25) is 4.79 Å². The summed E-state index contributed by atoms with van der Waals surface area (Å²) in [7, 11) is 0. The fourth-order valence-electron chi connectivity index (χ4n) is 2.06. The maximum absolute atomic E-state index is 12.3. The number of nitrogens with one attached hydrogen (secondary N) is 1. The number of thioether (sulfide) groups is 1. The number of anilines is 2. The molecule has 0 unspecified atom stereocenters. The molecule has 1 aromatic heterocycles. The van der Waals surface area contributed by atoms with Crippen molar-refractivity contribution in [3.8, 4) is 12.1 Å². The molecule has 0 aliphatic heterocycles. The van der Waals surface area contributed by atoms with E-state index in [0.717, 1.165) is 11.3 Å². The predicted molar refractivity (Wildman–Crippen MR) is 107 cm³/mol. The number of amides is 1. The molecule has 1 aromatic carbocycles. The molecule has 0 radical (unpaired) electrons. The fraction of sp³-hybridized carbons (Fsp3) is 0.353. The van der Waals surface area contributed by atoms with Crippen LogP contribution < -0.4 is 5.32 Å². The first-order valence-corrected chi connectivity index (χ1v) is 10.2. The Hall–Kier alpha value is -2.33. The molecule has 2 aromatic rings. The Morgan fingerprint density at radius 3 is 2.63 bits per heavy atom. The van der Waals surface area contributed by atoms with Crippen molar-refractivity contribution in [2.45, 2.75) is 24.1 Å². The zero-order chi connectivity index (χ0) is 19.6. The maximum Gasteiger partial charge on any atom is 0.233 e. The highest BCUT2D eigenvalue weighted by Gasteiger charge is 2.15. The zero-order valence-corrected chi connectivity index (χ0v) is 17.0. The summed E-state index contributed by atoms with van der Waals surface area (Å²) in [5.41, 5.74) is 1.81. The second-order valence-corrected chi connectivity index (χ2v) is 8.05. The summed E-state index contributed by atoms with van der Waals surface area (Å²) < 4.78 is 0.657. The summed E-state index contributed by atoms with van der Waals surface area (Å²) in [5, 5.41) is 29.9. The summed E-state index contributed by atoms with van der Waals surface area (Å²) >= 11 is 8.73. The predicted octanol–water partition coefficient (Wildman–Crippen LogP) is 3.99. The fourth-order valence-corrected chi connectivity index (χ4v) is 3.91. The van der Waals surface area contributed by atoms with Gasteiger partial charge < -0.3 is 10.2 Å². The molecule has 2 rings (SSSR count). The molecular weight excluding hydrogens is 404 g/mol. The second-order valence-electron chi connectivity index (χ2n) is 5.45. The summed E-state index contributed by atoms with van der Waals surface area (Å²) in [5.74, 6) is 0.0579. The van der Waals surface area contributed by atoms with Crippen LogP contribution in [0.1, 0.15) is 18.4 Å². The van der Waals surface area contributed by atoms with E-state index >= 15 is 0 Å². The van der Waals surface area contributed by atoms with E-state index in [4.69, 9.17) is 22.1 Å². The molecule has 1 heterocycles. The number of aromatic nitrogens is 2. The van der Waals surface area contributed by atoms with E-state index in [9.17, 15) is 4.79 Å². The SMILES string of the molecule is Cc1ccc(Nc2nnc(SCC(=O)N(CCC#N)CCC#N)s2)cc1Cl. The number of rotatable bonds is 9. The van der Waals surface area contributed by atoms with Gasteiger partial charge >= 0.3 is 0 Å². The van der Waals surface area contributed by atoms with Crippen molar-refractivity contribution in [2.75, 3.05) is 24.2 Å². The molecular formula is C17H17ClN6OS2. The quantitative estimate of drug-likeness (QED) is 0.611. The highest BCUT2D eigenvalue weighted by molar-refractivity contribution is 8.01. The van der Waals surface area contributed by atoms with Crippen molar-refractivity contribution in [3.63, 3.8) is 0 Å². The van der Waals surface area contributed by atoms with Gasteiger partial charge in [-0.2, -0.15) is 10.5 Å². The Kier molecular flexibility index (Phi) is 8.34. The summed E-state index contributed by atoms with van der Waals surface area (Å²) in [6, 6.07) is 9.67. The first-order valence-electron chi connectivity index (χ1n) is 8.04. The molecule has 140 valence electrons. The Labute approximate surface area is 171 Å².